The maximum Gasteiger partial charge on any atom is 0.135 e. The number of fused-ring (bicyclic) bond motifs is 2. The fraction of sp³-hybridized carbons (Fsp3) is 0.100. The van der Waals surface area contributed by atoms with Crippen molar-refractivity contribution in [1.29, 1.82) is 0 Å². The molecule has 5 aromatic heterocycles. The van der Waals surface area contributed by atoms with Crippen molar-refractivity contribution in [2.45, 2.75) is 0 Å². The highest BCUT2D eigenvalue weighted by molar-refractivity contribution is 5.94. The van der Waals surface area contributed by atoms with Gasteiger partial charge in [-0.05, 0) is 30.3 Å². The van der Waals surface area contributed by atoms with Crippen LogP contribution in [-0.4, -0.2) is 44.2 Å². The van der Waals surface area contributed by atoms with Crippen LogP contribution >= 0.6 is 0 Å². The van der Waals surface area contributed by atoms with Crippen LogP contribution in [0, 0.1) is 0 Å². The Morgan fingerprint density at radius 1 is 0.926 bits per heavy atom. The van der Waals surface area contributed by atoms with E-state index in [1.807, 2.05) is 55.8 Å². The highest BCUT2D eigenvalue weighted by atomic mass is 15.1. The largest absolute Gasteiger partial charge is 0.376 e. The summed E-state index contributed by atoms with van der Waals surface area (Å²) in [6, 6.07) is 10.1. The maximum absolute atomic E-state index is 4.86. The Balaban J connectivity index is 1.65. The second-order valence-corrected chi connectivity index (χ2v) is 6.64. The lowest BCUT2D eigenvalue weighted by Crippen LogP contribution is -2.08. The number of rotatable bonds is 3. The molecule has 27 heavy (non-hydrogen) atoms. The lowest BCUT2D eigenvalue weighted by atomic mass is 10.1. The van der Waals surface area contributed by atoms with Crippen LogP contribution in [-0.2, 0) is 0 Å². The molecule has 0 fully saturated rings. The van der Waals surface area contributed by atoms with Crippen molar-refractivity contribution in [2.24, 2.45) is 0 Å². The number of H-pyrrole nitrogens is 2. The van der Waals surface area contributed by atoms with Gasteiger partial charge in [-0.15, -0.1) is 0 Å². The smallest absolute Gasteiger partial charge is 0.135 e. The van der Waals surface area contributed by atoms with E-state index < -0.39 is 0 Å². The molecule has 7 heteroatoms. The van der Waals surface area contributed by atoms with E-state index in [1.54, 1.807) is 6.20 Å². The van der Waals surface area contributed by atoms with Gasteiger partial charge in [0.05, 0.1) is 40.5 Å². The number of pyridine rings is 3. The summed E-state index contributed by atoms with van der Waals surface area (Å²) in [5, 5.41) is 8.64. The predicted octanol–water partition coefficient (Wildman–Crippen LogP) is 3.63. The minimum Gasteiger partial charge on any atom is -0.376 e. The average Bonchev–Trinajstić information content (AvgIpc) is 3.31. The second-order valence-electron chi connectivity index (χ2n) is 6.64. The molecule has 0 aromatic carbocycles. The molecule has 0 spiro atoms. The van der Waals surface area contributed by atoms with Crippen molar-refractivity contribution in [3.8, 4) is 22.6 Å². The Bertz CT molecular complexity index is 1230. The van der Waals surface area contributed by atoms with Crippen LogP contribution in [0.5, 0.6) is 0 Å². The summed E-state index contributed by atoms with van der Waals surface area (Å²) in [5.74, 6) is 0. The van der Waals surface area contributed by atoms with Crippen LogP contribution in [0.25, 0.3) is 44.6 Å². The molecule has 0 unspecified atom stereocenters. The number of hydrogen-bond donors (Lipinski definition) is 2. The lowest BCUT2D eigenvalue weighted by molar-refractivity contribution is 1.11. The first kappa shape index (κ1) is 15.5. The van der Waals surface area contributed by atoms with Crippen LogP contribution in [0.15, 0.2) is 55.1 Å². The zero-order valence-electron chi connectivity index (χ0n) is 14.9. The Morgan fingerprint density at radius 3 is 2.70 bits per heavy atom. The molecule has 5 rings (SSSR count). The molecule has 0 aliphatic heterocycles. The van der Waals surface area contributed by atoms with Crippen molar-refractivity contribution < 1.29 is 0 Å². The number of aromatic amines is 2. The van der Waals surface area contributed by atoms with Gasteiger partial charge in [0.1, 0.15) is 11.2 Å². The third kappa shape index (κ3) is 2.60. The number of anilines is 1. The molecule has 0 saturated carbocycles. The third-order valence-electron chi connectivity index (χ3n) is 4.62. The lowest BCUT2D eigenvalue weighted by Gasteiger charge is -2.12. The van der Waals surface area contributed by atoms with E-state index in [2.05, 4.69) is 37.3 Å². The molecule has 2 N–H and O–H groups in total. The van der Waals surface area contributed by atoms with Crippen molar-refractivity contribution in [1.82, 2.24) is 30.1 Å². The highest BCUT2D eigenvalue weighted by Gasteiger charge is 2.14. The molecule has 5 heterocycles. The molecular weight excluding hydrogens is 338 g/mol. The first-order valence-corrected chi connectivity index (χ1v) is 8.60. The van der Waals surface area contributed by atoms with E-state index in [-0.39, 0.29) is 0 Å². The topological polar surface area (TPSA) is 86.4 Å². The Labute approximate surface area is 155 Å². The fourth-order valence-electron chi connectivity index (χ4n) is 3.16. The molecule has 0 saturated heterocycles. The summed E-state index contributed by atoms with van der Waals surface area (Å²) in [5.41, 5.74) is 7.25. The van der Waals surface area contributed by atoms with Crippen LogP contribution < -0.4 is 4.90 Å². The molecular formula is C20H17N7. The molecule has 5 aromatic rings. The molecule has 7 nitrogen and oxygen atoms in total. The average molecular weight is 355 g/mol. The zero-order valence-corrected chi connectivity index (χ0v) is 14.9. The number of nitrogens with one attached hydrogen (secondary N) is 2. The Morgan fingerprint density at radius 2 is 1.85 bits per heavy atom. The molecule has 0 atom stereocenters. The molecule has 0 bridgehead atoms. The second kappa shape index (κ2) is 5.91. The SMILES string of the molecule is CN(C)c1cncc(-c2ccc3[nH]nc(-c4cc5ccncc5[nH]4)c3n2)c1. The van der Waals surface area contributed by atoms with E-state index in [0.717, 1.165) is 50.3 Å². The monoisotopic (exact) mass is 355 g/mol. The molecule has 0 amide bonds. The van der Waals surface area contributed by atoms with Crippen molar-refractivity contribution in [3.63, 3.8) is 0 Å². The highest BCUT2D eigenvalue weighted by Crippen LogP contribution is 2.29. The Hall–Kier alpha value is -3.74. The number of nitrogens with zero attached hydrogens (tertiary/aromatic N) is 5. The molecule has 132 valence electrons. The van der Waals surface area contributed by atoms with E-state index >= 15 is 0 Å². The van der Waals surface area contributed by atoms with Crippen LogP contribution in [0.2, 0.25) is 0 Å². The van der Waals surface area contributed by atoms with Gasteiger partial charge in [0, 0.05) is 37.4 Å². The van der Waals surface area contributed by atoms with Crippen LogP contribution in [0.3, 0.4) is 0 Å². The quantitative estimate of drug-likeness (QED) is 0.516. The van der Waals surface area contributed by atoms with Gasteiger partial charge in [-0.25, -0.2) is 4.98 Å². The van der Waals surface area contributed by atoms with Gasteiger partial charge < -0.3 is 9.88 Å². The summed E-state index contributed by atoms with van der Waals surface area (Å²) in [7, 11) is 3.99. The van der Waals surface area contributed by atoms with Crippen LogP contribution in [0.1, 0.15) is 0 Å². The molecule has 0 aliphatic rings. The normalized spacial score (nSPS) is 11.3. The van der Waals surface area contributed by atoms with Gasteiger partial charge in [-0.3, -0.25) is 15.1 Å². The summed E-state index contributed by atoms with van der Waals surface area (Å²) in [4.78, 5) is 18.8. The van der Waals surface area contributed by atoms with Gasteiger partial charge >= 0.3 is 0 Å². The van der Waals surface area contributed by atoms with Gasteiger partial charge in [0.15, 0.2) is 0 Å². The van der Waals surface area contributed by atoms with Gasteiger partial charge in [0.25, 0.3) is 0 Å². The molecule has 0 radical (unpaired) electrons. The van der Waals surface area contributed by atoms with Crippen molar-refractivity contribution >= 4 is 27.6 Å². The summed E-state index contributed by atoms with van der Waals surface area (Å²) >= 11 is 0. The van der Waals surface area contributed by atoms with E-state index in [0.29, 0.717) is 0 Å². The summed E-state index contributed by atoms with van der Waals surface area (Å²) in [6.45, 7) is 0. The number of aromatic nitrogens is 6. The first-order valence-electron chi connectivity index (χ1n) is 8.60. The standard InChI is InChI=1S/C20H17N7/c1-27(2)14-7-13(9-22-10-14)15-3-4-16-19(24-15)20(26-25-16)17-8-12-5-6-21-11-18(12)23-17/h3-11,23H,1-2H3,(H,25,26). The van der Waals surface area contributed by atoms with E-state index in [4.69, 9.17) is 4.98 Å². The van der Waals surface area contributed by atoms with Gasteiger partial charge in [0.2, 0.25) is 0 Å². The predicted molar refractivity (Wildman–Crippen MR) is 107 cm³/mol. The number of hydrogen-bond acceptors (Lipinski definition) is 5. The third-order valence-corrected chi connectivity index (χ3v) is 4.62. The van der Waals surface area contributed by atoms with E-state index in [1.165, 1.54) is 0 Å². The molecule has 0 aliphatic carbocycles. The summed E-state index contributed by atoms with van der Waals surface area (Å²) in [6.07, 6.45) is 7.26. The van der Waals surface area contributed by atoms with Crippen molar-refractivity contribution in [2.75, 3.05) is 19.0 Å². The summed E-state index contributed by atoms with van der Waals surface area (Å²) < 4.78 is 0. The minimum atomic E-state index is 0.791. The fourth-order valence-corrected chi connectivity index (χ4v) is 3.16. The Kier molecular flexibility index (Phi) is 3.39. The van der Waals surface area contributed by atoms with Crippen LogP contribution in [0.4, 0.5) is 5.69 Å². The van der Waals surface area contributed by atoms with Gasteiger partial charge in [-0.2, -0.15) is 5.10 Å². The van der Waals surface area contributed by atoms with E-state index in [9.17, 15) is 0 Å². The van der Waals surface area contributed by atoms with Crippen molar-refractivity contribution in [3.05, 3.63) is 55.1 Å². The zero-order chi connectivity index (χ0) is 18.4. The minimum absolute atomic E-state index is 0.791. The first-order chi connectivity index (χ1) is 13.2. The maximum atomic E-state index is 4.86. The van der Waals surface area contributed by atoms with Gasteiger partial charge in [-0.1, -0.05) is 0 Å².